The molecule has 9 heteroatoms. The van der Waals surface area contributed by atoms with Crippen LogP contribution in [0.25, 0.3) is 10.6 Å². The number of hydrogen-bond acceptors (Lipinski definition) is 9. The van der Waals surface area contributed by atoms with Gasteiger partial charge >= 0.3 is 5.97 Å². The number of esters is 1. The Bertz CT molecular complexity index is 933. The molecule has 2 aromatic heterocycles. The van der Waals surface area contributed by atoms with Crippen molar-refractivity contribution in [3.8, 4) is 22.1 Å². The first-order valence-electron chi connectivity index (χ1n) is 8.42. The van der Waals surface area contributed by atoms with Crippen molar-refractivity contribution in [2.45, 2.75) is 6.61 Å². The van der Waals surface area contributed by atoms with Crippen LogP contribution in [-0.4, -0.2) is 48.7 Å². The number of thiazole rings is 1. The molecular formula is C19H20N4O4S. The van der Waals surface area contributed by atoms with Crippen LogP contribution in [0.3, 0.4) is 0 Å². The van der Waals surface area contributed by atoms with E-state index in [1.54, 1.807) is 44.6 Å². The number of anilines is 1. The normalized spacial score (nSPS) is 10.4. The van der Waals surface area contributed by atoms with Crippen LogP contribution in [0.5, 0.6) is 11.5 Å². The second-order valence-electron chi connectivity index (χ2n) is 5.75. The van der Waals surface area contributed by atoms with Gasteiger partial charge < -0.3 is 19.1 Å². The van der Waals surface area contributed by atoms with Crippen LogP contribution in [0.2, 0.25) is 0 Å². The van der Waals surface area contributed by atoms with E-state index in [9.17, 15) is 4.79 Å². The fourth-order valence-corrected chi connectivity index (χ4v) is 3.33. The lowest BCUT2D eigenvalue weighted by Crippen LogP contribution is -2.28. The van der Waals surface area contributed by atoms with Crippen LogP contribution in [0.15, 0.2) is 42.0 Å². The molecule has 0 aliphatic heterocycles. The van der Waals surface area contributed by atoms with Crippen LogP contribution in [-0.2, 0) is 16.1 Å². The van der Waals surface area contributed by atoms with Gasteiger partial charge in [-0.15, -0.1) is 11.3 Å². The Hall–Kier alpha value is -3.20. The summed E-state index contributed by atoms with van der Waals surface area (Å²) in [5, 5.41) is 2.61. The molecule has 2 heterocycles. The summed E-state index contributed by atoms with van der Waals surface area (Å²) in [4.78, 5) is 26.4. The maximum absolute atomic E-state index is 12.1. The van der Waals surface area contributed by atoms with Gasteiger partial charge in [-0.1, -0.05) is 6.07 Å². The number of nitrogens with zero attached hydrogens (tertiary/aromatic N) is 4. The van der Waals surface area contributed by atoms with Gasteiger partial charge in [-0.25, -0.2) is 15.0 Å². The smallest absolute Gasteiger partial charge is 0.326 e. The van der Waals surface area contributed by atoms with Crippen LogP contribution in [0.4, 0.5) is 5.95 Å². The van der Waals surface area contributed by atoms with Crippen molar-refractivity contribution >= 4 is 23.3 Å². The minimum absolute atomic E-state index is 0.0463. The fourth-order valence-electron chi connectivity index (χ4n) is 2.51. The molecule has 0 aliphatic rings. The summed E-state index contributed by atoms with van der Waals surface area (Å²) in [7, 11) is 4.91. The highest BCUT2D eigenvalue weighted by atomic mass is 32.1. The van der Waals surface area contributed by atoms with Crippen molar-refractivity contribution in [1.82, 2.24) is 15.0 Å². The molecule has 1 aromatic carbocycles. The van der Waals surface area contributed by atoms with E-state index in [1.165, 1.54) is 11.3 Å². The van der Waals surface area contributed by atoms with E-state index in [1.807, 2.05) is 23.6 Å². The zero-order valence-electron chi connectivity index (χ0n) is 15.8. The van der Waals surface area contributed by atoms with Crippen LogP contribution in [0.1, 0.15) is 5.69 Å². The molecule has 0 unspecified atom stereocenters. The van der Waals surface area contributed by atoms with Gasteiger partial charge in [-0.05, 0) is 18.2 Å². The van der Waals surface area contributed by atoms with E-state index >= 15 is 0 Å². The number of carbonyl (C=O) groups excluding carboxylic acids is 1. The van der Waals surface area contributed by atoms with E-state index in [-0.39, 0.29) is 19.1 Å². The van der Waals surface area contributed by atoms with Crippen LogP contribution in [0, 0.1) is 0 Å². The quantitative estimate of drug-likeness (QED) is 0.534. The number of benzene rings is 1. The molecule has 0 aliphatic carbocycles. The molecule has 0 radical (unpaired) electrons. The molecule has 0 atom stereocenters. The van der Waals surface area contributed by atoms with E-state index in [2.05, 4.69) is 15.0 Å². The third kappa shape index (κ3) is 4.55. The van der Waals surface area contributed by atoms with Gasteiger partial charge in [-0.2, -0.15) is 0 Å². The number of ether oxygens (including phenoxy) is 3. The molecule has 0 fully saturated rings. The molecule has 0 spiro atoms. The van der Waals surface area contributed by atoms with Gasteiger partial charge in [0.25, 0.3) is 0 Å². The predicted octanol–water partition coefficient (Wildman–Crippen LogP) is 2.80. The Kier molecular flexibility index (Phi) is 6.38. The molecular weight excluding hydrogens is 380 g/mol. The molecule has 0 N–H and O–H groups in total. The monoisotopic (exact) mass is 400 g/mol. The van der Waals surface area contributed by atoms with Crippen molar-refractivity contribution in [1.29, 1.82) is 0 Å². The van der Waals surface area contributed by atoms with Gasteiger partial charge in [0.15, 0.2) is 11.5 Å². The number of methoxy groups -OCH3 is 2. The summed E-state index contributed by atoms with van der Waals surface area (Å²) in [5.41, 5.74) is 1.49. The molecule has 0 saturated carbocycles. The first-order chi connectivity index (χ1) is 13.6. The SMILES string of the molecule is COc1cccc(-c2nc(COC(=O)CN(C)c3ncccn3)cs2)c1OC. The largest absolute Gasteiger partial charge is 0.493 e. The topological polar surface area (TPSA) is 86.7 Å². The van der Waals surface area contributed by atoms with Gasteiger partial charge in [0.2, 0.25) is 5.95 Å². The Morgan fingerprint density at radius 1 is 1.14 bits per heavy atom. The summed E-state index contributed by atoms with van der Waals surface area (Å²) in [6.45, 7) is 0.135. The molecule has 3 rings (SSSR count). The average molecular weight is 400 g/mol. The molecule has 28 heavy (non-hydrogen) atoms. The second kappa shape index (κ2) is 9.14. The third-order valence-corrected chi connectivity index (χ3v) is 4.75. The number of likely N-dealkylation sites (N-methyl/N-ethyl adjacent to an activating group) is 1. The molecule has 0 bridgehead atoms. The van der Waals surface area contributed by atoms with E-state index in [0.717, 1.165) is 10.6 Å². The van der Waals surface area contributed by atoms with Crippen molar-refractivity contribution in [3.05, 3.63) is 47.7 Å². The lowest BCUT2D eigenvalue weighted by Gasteiger charge is -2.15. The minimum Gasteiger partial charge on any atom is -0.493 e. The van der Waals surface area contributed by atoms with Gasteiger partial charge in [0.05, 0.1) is 25.5 Å². The maximum atomic E-state index is 12.1. The first-order valence-corrected chi connectivity index (χ1v) is 9.30. The summed E-state index contributed by atoms with van der Waals surface area (Å²) >= 11 is 1.45. The predicted molar refractivity (Wildman–Crippen MR) is 106 cm³/mol. The number of rotatable bonds is 8. The Morgan fingerprint density at radius 2 is 1.93 bits per heavy atom. The Morgan fingerprint density at radius 3 is 2.64 bits per heavy atom. The standard InChI is InChI=1S/C19H20N4O4S/c1-23(19-20-8-5-9-21-19)10-16(24)27-11-13-12-28-18(22-13)14-6-4-7-15(25-2)17(14)26-3/h4-9,12H,10-11H2,1-3H3. The second-order valence-corrected chi connectivity index (χ2v) is 6.61. The van der Waals surface area contributed by atoms with Crippen LogP contribution >= 0.6 is 11.3 Å². The molecule has 8 nitrogen and oxygen atoms in total. The van der Waals surface area contributed by atoms with Crippen molar-refractivity contribution in [2.24, 2.45) is 0 Å². The van der Waals surface area contributed by atoms with Gasteiger partial charge in [0.1, 0.15) is 18.2 Å². The van der Waals surface area contributed by atoms with E-state index in [4.69, 9.17) is 14.2 Å². The Balaban J connectivity index is 1.62. The summed E-state index contributed by atoms with van der Waals surface area (Å²) < 4.78 is 16.1. The minimum atomic E-state index is -0.386. The van der Waals surface area contributed by atoms with Crippen molar-refractivity contribution in [3.63, 3.8) is 0 Å². The number of aromatic nitrogens is 3. The molecule has 146 valence electrons. The highest BCUT2D eigenvalue weighted by Gasteiger charge is 2.16. The summed E-state index contributed by atoms with van der Waals surface area (Å²) in [5.74, 6) is 1.32. The van der Waals surface area contributed by atoms with Gasteiger partial charge in [-0.3, -0.25) is 4.79 Å². The molecule has 3 aromatic rings. The summed E-state index contributed by atoms with van der Waals surface area (Å²) in [6.07, 6.45) is 3.24. The van der Waals surface area contributed by atoms with Crippen molar-refractivity contribution < 1.29 is 19.0 Å². The Labute approximate surface area is 166 Å². The van der Waals surface area contributed by atoms with E-state index in [0.29, 0.717) is 23.1 Å². The fraction of sp³-hybridized carbons (Fsp3) is 0.263. The highest BCUT2D eigenvalue weighted by molar-refractivity contribution is 7.13. The molecule has 0 saturated heterocycles. The zero-order valence-corrected chi connectivity index (χ0v) is 16.6. The number of carbonyl (C=O) groups is 1. The van der Waals surface area contributed by atoms with E-state index < -0.39 is 0 Å². The number of para-hydroxylation sites is 1. The first kappa shape index (κ1) is 19.6. The molecule has 0 amide bonds. The lowest BCUT2D eigenvalue weighted by atomic mass is 10.2. The average Bonchev–Trinajstić information content (AvgIpc) is 3.21. The third-order valence-electron chi connectivity index (χ3n) is 3.83. The van der Waals surface area contributed by atoms with Crippen molar-refractivity contribution in [2.75, 3.05) is 32.7 Å². The highest BCUT2D eigenvalue weighted by Crippen LogP contribution is 2.38. The lowest BCUT2D eigenvalue weighted by molar-refractivity contribution is -0.143. The summed E-state index contributed by atoms with van der Waals surface area (Å²) in [6, 6.07) is 7.32. The maximum Gasteiger partial charge on any atom is 0.326 e. The zero-order chi connectivity index (χ0) is 19.9. The van der Waals surface area contributed by atoms with Gasteiger partial charge in [0, 0.05) is 24.8 Å². The van der Waals surface area contributed by atoms with Crippen LogP contribution < -0.4 is 14.4 Å². The number of hydrogen-bond donors (Lipinski definition) is 0.